The fraction of sp³-hybridized carbons (Fsp3) is 0.750. The maximum Gasteiger partial charge on any atom is 0.237 e. The number of carbonyl (C=O) groups excluding carboxylic acids is 1. The summed E-state index contributed by atoms with van der Waals surface area (Å²) in [6.45, 7) is 2.81. The molecule has 2 fully saturated rings. The van der Waals surface area contributed by atoms with Crippen LogP contribution in [-0.2, 0) is 17.6 Å². The van der Waals surface area contributed by atoms with Crippen LogP contribution in [0.15, 0.2) is 5.38 Å². The zero-order chi connectivity index (χ0) is 14.7. The predicted octanol–water partition coefficient (Wildman–Crippen LogP) is 3.13. The largest absolute Gasteiger partial charge is 0.354 e. The Hall–Kier alpha value is -0.360. The van der Waals surface area contributed by atoms with Crippen LogP contribution in [0, 0.1) is 5.92 Å². The highest BCUT2D eigenvalue weighted by Gasteiger charge is 2.37. The number of rotatable bonds is 5. The molecule has 4 nitrogen and oxygen atoms in total. The molecule has 3 atom stereocenters. The Bertz CT molecular complexity index is 483. The van der Waals surface area contributed by atoms with Crippen LogP contribution in [0.3, 0.4) is 0 Å². The summed E-state index contributed by atoms with van der Waals surface area (Å²) in [4.78, 5) is 16.8. The first-order chi connectivity index (χ1) is 10.3. The summed E-state index contributed by atoms with van der Waals surface area (Å²) in [5, 5.41) is 9.89. The molecule has 1 aliphatic carbocycles. The van der Waals surface area contributed by atoms with E-state index in [4.69, 9.17) is 0 Å². The second kappa shape index (κ2) is 9.82. The zero-order valence-electron chi connectivity index (χ0n) is 13.5. The first-order valence-electron chi connectivity index (χ1n) is 8.23. The van der Waals surface area contributed by atoms with Crippen LogP contribution >= 0.6 is 36.2 Å². The number of fused-ring (bicyclic) bond motifs is 1. The highest BCUT2D eigenvalue weighted by molar-refractivity contribution is 7.09. The van der Waals surface area contributed by atoms with Crippen molar-refractivity contribution in [3.63, 3.8) is 0 Å². The molecule has 7 heteroatoms. The lowest BCUT2D eigenvalue weighted by Crippen LogP contribution is -2.43. The average molecular weight is 380 g/mol. The van der Waals surface area contributed by atoms with Gasteiger partial charge in [-0.1, -0.05) is 19.8 Å². The lowest BCUT2D eigenvalue weighted by atomic mass is 9.85. The molecule has 2 N–H and O–H groups in total. The Morgan fingerprint density at radius 3 is 2.87 bits per heavy atom. The molecular weight excluding hydrogens is 353 g/mol. The highest BCUT2D eigenvalue weighted by atomic mass is 35.5. The number of hydrogen-bond acceptors (Lipinski definition) is 4. The van der Waals surface area contributed by atoms with Crippen LogP contribution in [0.4, 0.5) is 0 Å². The first kappa shape index (κ1) is 20.7. The number of nitrogens with one attached hydrogen (secondary N) is 2. The van der Waals surface area contributed by atoms with Crippen molar-refractivity contribution >= 4 is 42.1 Å². The molecule has 0 spiro atoms. The molecule has 1 saturated carbocycles. The van der Waals surface area contributed by atoms with Crippen molar-refractivity contribution < 1.29 is 4.79 Å². The van der Waals surface area contributed by atoms with E-state index in [1.54, 1.807) is 11.3 Å². The molecular formula is C16H27Cl2N3OS. The van der Waals surface area contributed by atoms with E-state index < -0.39 is 0 Å². The second-order valence-corrected chi connectivity index (χ2v) is 7.18. The molecule has 1 saturated heterocycles. The van der Waals surface area contributed by atoms with Crippen molar-refractivity contribution in [3.05, 3.63) is 16.1 Å². The number of halogens is 2. The van der Waals surface area contributed by atoms with Crippen molar-refractivity contribution in [2.45, 2.75) is 64.0 Å². The molecule has 1 aromatic rings. The van der Waals surface area contributed by atoms with Crippen LogP contribution in [-0.4, -0.2) is 29.5 Å². The Labute approximate surface area is 155 Å². The SMILES string of the molecule is CCc1nc(CCNC(=O)C2CC3CCCCC3N2)cs1.Cl.Cl. The maximum absolute atomic E-state index is 12.2. The lowest BCUT2D eigenvalue weighted by Gasteiger charge is -2.24. The van der Waals surface area contributed by atoms with Gasteiger partial charge in [-0.25, -0.2) is 4.98 Å². The van der Waals surface area contributed by atoms with Gasteiger partial charge >= 0.3 is 0 Å². The number of aryl methyl sites for hydroxylation is 1. The third-order valence-electron chi connectivity index (χ3n) is 4.76. The summed E-state index contributed by atoms with van der Waals surface area (Å²) in [6.07, 6.45) is 8.03. The number of amides is 1. The van der Waals surface area contributed by atoms with Gasteiger partial charge in [-0.3, -0.25) is 4.79 Å². The number of thiazole rings is 1. The van der Waals surface area contributed by atoms with E-state index in [0.29, 0.717) is 12.6 Å². The van der Waals surface area contributed by atoms with Gasteiger partial charge in [0.2, 0.25) is 5.91 Å². The molecule has 0 bridgehead atoms. The van der Waals surface area contributed by atoms with Gasteiger partial charge in [-0.05, 0) is 31.6 Å². The molecule has 0 radical (unpaired) electrons. The third-order valence-corrected chi connectivity index (χ3v) is 5.80. The number of nitrogens with zero attached hydrogens (tertiary/aromatic N) is 1. The van der Waals surface area contributed by atoms with Crippen LogP contribution in [0.25, 0.3) is 0 Å². The van der Waals surface area contributed by atoms with E-state index >= 15 is 0 Å². The Morgan fingerprint density at radius 1 is 1.39 bits per heavy atom. The molecule has 1 aliphatic heterocycles. The van der Waals surface area contributed by atoms with Gasteiger partial charge in [0.15, 0.2) is 0 Å². The minimum atomic E-state index is 0. The number of aromatic nitrogens is 1. The van der Waals surface area contributed by atoms with Gasteiger partial charge < -0.3 is 10.6 Å². The van der Waals surface area contributed by atoms with Gasteiger partial charge in [-0.2, -0.15) is 0 Å². The third kappa shape index (κ3) is 5.31. The molecule has 1 aromatic heterocycles. The minimum Gasteiger partial charge on any atom is -0.354 e. The van der Waals surface area contributed by atoms with Crippen molar-refractivity contribution in [1.82, 2.24) is 15.6 Å². The quantitative estimate of drug-likeness (QED) is 0.825. The number of hydrogen-bond donors (Lipinski definition) is 2. The fourth-order valence-electron chi connectivity index (χ4n) is 3.58. The predicted molar refractivity (Wildman–Crippen MR) is 100.0 cm³/mol. The van der Waals surface area contributed by atoms with E-state index in [9.17, 15) is 4.79 Å². The van der Waals surface area contributed by atoms with Crippen LogP contribution in [0.1, 0.15) is 49.7 Å². The summed E-state index contributed by atoms with van der Waals surface area (Å²) in [5.41, 5.74) is 1.10. The minimum absolute atomic E-state index is 0. The maximum atomic E-state index is 12.2. The van der Waals surface area contributed by atoms with Gasteiger partial charge in [0.05, 0.1) is 16.7 Å². The van der Waals surface area contributed by atoms with Crippen LogP contribution in [0.5, 0.6) is 0 Å². The number of carbonyl (C=O) groups is 1. The van der Waals surface area contributed by atoms with E-state index in [2.05, 4.69) is 27.9 Å². The van der Waals surface area contributed by atoms with Crippen molar-refractivity contribution in [2.24, 2.45) is 5.92 Å². The lowest BCUT2D eigenvalue weighted by molar-refractivity contribution is -0.122. The van der Waals surface area contributed by atoms with E-state index in [1.807, 2.05) is 0 Å². The molecule has 132 valence electrons. The Morgan fingerprint density at radius 2 is 2.17 bits per heavy atom. The van der Waals surface area contributed by atoms with Crippen molar-refractivity contribution in [3.8, 4) is 0 Å². The first-order valence-corrected chi connectivity index (χ1v) is 9.11. The summed E-state index contributed by atoms with van der Waals surface area (Å²) in [5.74, 6) is 0.899. The Kier molecular flexibility index (Phi) is 8.83. The molecule has 3 rings (SSSR count). The normalized spacial score (nSPS) is 25.9. The van der Waals surface area contributed by atoms with Crippen molar-refractivity contribution in [2.75, 3.05) is 6.54 Å². The summed E-state index contributed by atoms with van der Waals surface area (Å²) in [6, 6.07) is 0.611. The van der Waals surface area contributed by atoms with Crippen LogP contribution in [0.2, 0.25) is 0 Å². The van der Waals surface area contributed by atoms with E-state index in [1.165, 1.54) is 30.7 Å². The molecule has 0 aromatic carbocycles. The molecule has 23 heavy (non-hydrogen) atoms. The van der Waals surface area contributed by atoms with Crippen molar-refractivity contribution in [1.29, 1.82) is 0 Å². The van der Waals surface area contributed by atoms with Gasteiger partial charge in [0.25, 0.3) is 0 Å². The molecule has 1 amide bonds. The molecule has 2 aliphatic rings. The Balaban J connectivity index is 0.00000132. The zero-order valence-corrected chi connectivity index (χ0v) is 16.0. The second-order valence-electron chi connectivity index (χ2n) is 6.23. The average Bonchev–Trinajstić information content (AvgIpc) is 3.13. The highest BCUT2D eigenvalue weighted by Crippen LogP contribution is 2.33. The smallest absolute Gasteiger partial charge is 0.237 e. The fourth-order valence-corrected chi connectivity index (χ4v) is 4.36. The summed E-state index contributed by atoms with van der Waals surface area (Å²) >= 11 is 1.71. The summed E-state index contributed by atoms with van der Waals surface area (Å²) < 4.78 is 0. The molecule has 2 heterocycles. The monoisotopic (exact) mass is 379 g/mol. The van der Waals surface area contributed by atoms with Crippen LogP contribution < -0.4 is 10.6 Å². The van der Waals surface area contributed by atoms with Gasteiger partial charge in [-0.15, -0.1) is 36.2 Å². The van der Waals surface area contributed by atoms with E-state index in [0.717, 1.165) is 30.9 Å². The standard InChI is InChI=1S/C16H25N3OS.2ClH/c1-2-15-18-12(10-21-15)7-8-17-16(20)14-9-11-5-3-4-6-13(11)19-14;;/h10-11,13-14,19H,2-9H2,1H3,(H,17,20);2*1H. The topological polar surface area (TPSA) is 54.0 Å². The van der Waals surface area contributed by atoms with Gasteiger partial charge in [0, 0.05) is 24.4 Å². The summed E-state index contributed by atoms with van der Waals surface area (Å²) in [7, 11) is 0. The van der Waals surface area contributed by atoms with Gasteiger partial charge in [0.1, 0.15) is 0 Å². The molecule has 3 unspecified atom stereocenters. The van der Waals surface area contributed by atoms with E-state index in [-0.39, 0.29) is 36.8 Å².